The Morgan fingerprint density at radius 3 is 2.38 bits per heavy atom. The second-order valence-electron chi connectivity index (χ2n) is 5.44. The number of carbonyl (C=O) groups is 2. The lowest BCUT2D eigenvalue weighted by atomic mass is 10.2. The molecule has 2 N–H and O–H groups in total. The normalized spacial score (nSPS) is 11.5. The van der Waals surface area contributed by atoms with Gasteiger partial charge in [-0.2, -0.15) is 5.10 Å². The third-order valence-corrected chi connectivity index (χ3v) is 4.29. The van der Waals surface area contributed by atoms with Crippen molar-refractivity contribution in [1.29, 1.82) is 0 Å². The van der Waals surface area contributed by atoms with Crippen LogP contribution in [0.1, 0.15) is 25.6 Å². The van der Waals surface area contributed by atoms with Crippen LogP contribution in [0.5, 0.6) is 0 Å². The molecule has 7 heteroatoms. The van der Waals surface area contributed by atoms with Crippen LogP contribution in [0, 0.1) is 5.82 Å². The first-order valence-corrected chi connectivity index (χ1v) is 8.19. The number of nitrogens with zero attached hydrogens (tertiary/aromatic N) is 1. The van der Waals surface area contributed by atoms with Gasteiger partial charge >= 0.3 is 11.8 Å². The summed E-state index contributed by atoms with van der Waals surface area (Å²) in [5.41, 5.74) is 3.72. The number of thiophene rings is 1. The van der Waals surface area contributed by atoms with E-state index in [4.69, 9.17) is 0 Å². The lowest BCUT2D eigenvalue weighted by molar-refractivity contribution is -0.139. The highest BCUT2D eigenvalue weighted by atomic mass is 32.1. The average molecular weight is 347 g/mol. The Morgan fingerprint density at radius 1 is 1.08 bits per heavy atom. The van der Waals surface area contributed by atoms with E-state index in [9.17, 15) is 14.0 Å². The molecule has 0 fully saturated rings. The van der Waals surface area contributed by atoms with E-state index in [2.05, 4.69) is 15.8 Å². The molecular formula is C17H18FN3O2S. The van der Waals surface area contributed by atoms with Gasteiger partial charge in [0.05, 0.1) is 10.6 Å². The fourth-order valence-electron chi connectivity index (χ4n) is 1.87. The average Bonchev–Trinajstić information content (AvgIpc) is 3.02. The zero-order valence-corrected chi connectivity index (χ0v) is 14.4. The minimum absolute atomic E-state index is 0.121. The van der Waals surface area contributed by atoms with E-state index in [-0.39, 0.29) is 11.9 Å². The Balaban J connectivity index is 2.05. The van der Waals surface area contributed by atoms with Crippen molar-refractivity contribution in [2.24, 2.45) is 5.10 Å². The molecule has 0 aliphatic rings. The zero-order chi connectivity index (χ0) is 17.7. The predicted octanol–water partition coefficient (Wildman–Crippen LogP) is 2.92. The van der Waals surface area contributed by atoms with Crippen LogP contribution < -0.4 is 10.7 Å². The van der Waals surface area contributed by atoms with Crippen LogP contribution in [-0.2, 0) is 9.59 Å². The fourth-order valence-corrected chi connectivity index (χ4v) is 2.83. The van der Waals surface area contributed by atoms with Gasteiger partial charge < -0.3 is 5.32 Å². The SMILES string of the molecule is CC(=NNC(=O)C(=O)NC(C)C)c1ccc(-c2ccc(F)cc2)s1. The maximum absolute atomic E-state index is 13.0. The Kier molecular flexibility index (Phi) is 5.81. The van der Waals surface area contributed by atoms with Crippen molar-refractivity contribution >= 4 is 28.9 Å². The van der Waals surface area contributed by atoms with E-state index in [1.54, 1.807) is 32.9 Å². The number of hydrogen-bond donors (Lipinski definition) is 2. The third-order valence-electron chi connectivity index (χ3n) is 3.04. The lowest BCUT2D eigenvalue weighted by Gasteiger charge is -2.06. The summed E-state index contributed by atoms with van der Waals surface area (Å²) in [6.07, 6.45) is 0. The van der Waals surface area contributed by atoms with Gasteiger partial charge in [0.1, 0.15) is 5.82 Å². The summed E-state index contributed by atoms with van der Waals surface area (Å²) < 4.78 is 13.0. The Hall–Kier alpha value is -2.54. The molecule has 0 unspecified atom stereocenters. The molecule has 24 heavy (non-hydrogen) atoms. The number of carbonyl (C=O) groups excluding carboxylic acids is 2. The summed E-state index contributed by atoms with van der Waals surface area (Å²) >= 11 is 1.47. The largest absolute Gasteiger partial charge is 0.346 e. The molecular weight excluding hydrogens is 329 g/mol. The monoisotopic (exact) mass is 347 g/mol. The molecule has 0 radical (unpaired) electrons. The summed E-state index contributed by atoms with van der Waals surface area (Å²) in [6, 6.07) is 9.86. The van der Waals surface area contributed by atoms with Gasteiger partial charge in [-0.15, -0.1) is 11.3 Å². The van der Waals surface area contributed by atoms with Crippen LogP contribution in [0.2, 0.25) is 0 Å². The minimum Gasteiger partial charge on any atom is -0.346 e. The summed E-state index contributed by atoms with van der Waals surface area (Å²) in [5, 5.41) is 6.44. The molecule has 0 aliphatic carbocycles. The van der Waals surface area contributed by atoms with Gasteiger partial charge in [-0.25, -0.2) is 9.82 Å². The maximum atomic E-state index is 13.0. The second kappa shape index (κ2) is 7.83. The van der Waals surface area contributed by atoms with Crippen LogP contribution >= 0.6 is 11.3 Å². The number of hydrogen-bond acceptors (Lipinski definition) is 4. The van der Waals surface area contributed by atoms with Gasteiger partial charge in [0.15, 0.2) is 0 Å². The van der Waals surface area contributed by atoms with E-state index in [1.807, 2.05) is 12.1 Å². The molecule has 0 saturated heterocycles. The first-order chi connectivity index (χ1) is 11.4. The summed E-state index contributed by atoms with van der Waals surface area (Å²) in [4.78, 5) is 24.9. The highest BCUT2D eigenvalue weighted by Gasteiger charge is 2.14. The highest BCUT2D eigenvalue weighted by molar-refractivity contribution is 7.17. The van der Waals surface area contributed by atoms with Gasteiger partial charge in [-0.05, 0) is 50.6 Å². The highest BCUT2D eigenvalue weighted by Crippen LogP contribution is 2.28. The van der Waals surface area contributed by atoms with Crippen molar-refractivity contribution in [3.63, 3.8) is 0 Å². The van der Waals surface area contributed by atoms with E-state index < -0.39 is 11.8 Å². The predicted molar refractivity (Wildman–Crippen MR) is 93.3 cm³/mol. The van der Waals surface area contributed by atoms with Crippen molar-refractivity contribution in [2.75, 3.05) is 0 Å². The quantitative estimate of drug-likeness (QED) is 0.507. The Labute approximate surface area is 143 Å². The van der Waals surface area contributed by atoms with E-state index in [1.165, 1.54) is 23.5 Å². The molecule has 1 aromatic heterocycles. The molecule has 1 heterocycles. The topological polar surface area (TPSA) is 70.6 Å². The van der Waals surface area contributed by atoms with Crippen LogP contribution in [0.3, 0.4) is 0 Å². The summed E-state index contributed by atoms with van der Waals surface area (Å²) in [7, 11) is 0. The third kappa shape index (κ3) is 4.73. The van der Waals surface area contributed by atoms with E-state index >= 15 is 0 Å². The second-order valence-corrected chi connectivity index (χ2v) is 6.52. The van der Waals surface area contributed by atoms with Crippen LogP contribution in [0.25, 0.3) is 10.4 Å². The van der Waals surface area contributed by atoms with Gasteiger partial charge in [-0.3, -0.25) is 9.59 Å². The number of halogens is 1. The Bertz CT molecular complexity index is 766. The molecule has 0 saturated carbocycles. The van der Waals surface area contributed by atoms with Gasteiger partial charge in [0.2, 0.25) is 0 Å². The number of benzene rings is 1. The van der Waals surface area contributed by atoms with Crippen LogP contribution in [-0.4, -0.2) is 23.6 Å². The number of rotatable bonds is 4. The smallest absolute Gasteiger partial charge is 0.329 e. The van der Waals surface area contributed by atoms with Crippen molar-refractivity contribution < 1.29 is 14.0 Å². The van der Waals surface area contributed by atoms with Crippen molar-refractivity contribution in [2.45, 2.75) is 26.8 Å². The molecule has 2 aromatic rings. The van der Waals surface area contributed by atoms with Crippen molar-refractivity contribution in [3.05, 3.63) is 47.1 Å². The Morgan fingerprint density at radius 2 is 1.75 bits per heavy atom. The number of hydrazone groups is 1. The molecule has 1 aromatic carbocycles. The van der Waals surface area contributed by atoms with Gasteiger partial charge in [-0.1, -0.05) is 12.1 Å². The standard InChI is InChI=1S/C17H18FN3O2S/c1-10(2)19-16(22)17(23)21-20-11(3)14-8-9-15(24-14)12-4-6-13(18)7-5-12/h4-10H,1-3H3,(H,19,22)(H,21,23). The van der Waals surface area contributed by atoms with Crippen molar-refractivity contribution in [3.8, 4) is 10.4 Å². The lowest BCUT2D eigenvalue weighted by Crippen LogP contribution is -2.41. The number of nitrogens with one attached hydrogen (secondary N) is 2. The molecule has 5 nitrogen and oxygen atoms in total. The molecule has 0 bridgehead atoms. The van der Waals surface area contributed by atoms with Crippen LogP contribution in [0.15, 0.2) is 41.5 Å². The minimum atomic E-state index is -0.807. The zero-order valence-electron chi connectivity index (χ0n) is 13.6. The molecule has 0 spiro atoms. The van der Waals surface area contributed by atoms with E-state index in [0.29, 0.717) is 5.71 Å². The molecule has 0 atom stereocenters. The molecule has 2 rings (SSSR count). The van der Waals surface area contributed by atoms with Crippen LogP contribution in [0.4, 0.5) is 4.39 Å². The van der Waals surface area contributed by atoms with Crippen molar-refractivity contribution in [1.82, 2.24) is 10.7 Å². The fraction of sp³-hybridized carbons (Fsp3) is 0.235. The number of amides is 2. The summed E-state index contributed by atoms with van der Waals surface area (Å²) in [5.74, 6) is -1.81. The molecule has 2 amide bonds. The first kappa shape index (κ1) is 17.8. The van der Waals surface area contributed by atoms with Gasteiger partial charge in [0.25, 0.3) is 0 Å². The summed E-state index contributed by atoms with van der Waals surface area (Å²) in [6.45, 7) is 5.27. The van der Waals surface area contributed by atoms with E-state index in [0.717, 1.165) is 15.3 Å². The molecule has 126 valence electrons. The first-order valence-electron chi connectivity index (χ1n) is 7.38. The van der Waals surface area contributed by atoms with Gasteiger partial charge in [0, 0.05) is 10.9 Å². The molecule has 0 aliphatic heterocycles. The maximum Gasteiger partial charge on any atom is 0.329 e.